The average molecular weight is 544 g/mol. The van der Waals surface area contributed by atoms with Crippen molar-refractivity contribution in [3.8, 4) is 17.1 Å². The fraction of sp³-hybridized carbons (Fsp3) is 0.160. The first-order chi connectivity index (χ1) is 15.7. The molecule has 1 amide bonds. The zero-order valence-electron chi connectivity index (χ0n) is 18.2. The summed E-state index contributed by atoms with van der Waals surface area (Å²) in [4.78, 5) is 17.8. The van der Waals surface area contributed by atoms with Crippen molar-refractivity contribution in [1.29, 1.82) is 0 Å². The molecule has 0 aliphatic rings. The first kappa shape index (κ1) is 23.5. The summed E-state index contributed by atoms with van der Waals surface area (Å²) in [5, 5.41) is 8.32. The maximum Gasteiger partial charge on any atom is 0.295 e. The summed E-state index contributed by atoms with van der Waals surface area (Å²) in [7, 11) is 0. The number of halogens is 3. The number of nitrogens with zero attached hydrogens (tertiary/aromatic N) is 3. The molecule has 0 aliphatic carbocycles. The highest BCUT2D eigenvalue weighted by atomic mass is 79.9. The minimum atomic E-state index is -0.396. The molecular weight excluding hydrogens is 523 g/mol. The standard InChI is InChI=1S/C25H21BrCl2N4O/c1-14(2)19-12-17(26)7-10-22(19)29-25(33)23-30-24(16-6-4-5-15(3)11-16)32(31-23)18-8-9-20(27)21(28)13-18/h4-14H,1-3H3,(H,29,33). The number of carbonyl (C=O) groups is 1. The van der Waals surface area contributed by atoms with Crippen molar-refractivity contribution < 1.29 is 4.79 Å². The van der Waals surface area contributed by atoms with Gasteiger partial charge in [-0.15, -0.1) is 5.10 Å². The second kappa shape index (κ2) is 9.67. The zero-order chi connectivity index (χ0) is 23.7. The maximum absolute atomic E-state index is 13.2. The second-order valence-electron chi connectivity index (χ2n) is 7.98. The first-order valence-electron chi connectivity index (χ1n) is 10.3. The number of aromatic nitrogens is 3. The van der Waals surface area contributed by atoms with Gasteiger partial charge in [-0.25, -0.2) is 9.67 Å². The molecule has 1 N–H and O–H groups in total. The molecule has 4 aromatic rings. The Bertz CT molecular complexity index is 1350. The largest absolute Gasteiger partial charge is 0.319 e. The Balaban J connectivity index is 1.78. The van der Waals surface area contributed by atoms with Crippen molar-refractivity contribution in [2.24, 2.45) is 0 Å². The van der Waals surface area contributed by atoms with Gasteiger partial charge in [-0.2, -0.15) is 0 Å². The molecule has 4 rings (SSSR count). The van der Waals surface area contributed by atoms with E-state index in [1.165, 1.54) is 0 Å². The highest BCUT2D eigenvalue weighted by Gasteiger charge is 2.21. The van der Waals surface area contributed by atoms with Crippen LogP contribution in [0.15, 0.2) is 65.1 Å². The van der Waals surface area contributed by atoms with Crippen LogP contribution in [0.25, 0.3) is 17.1 Å². The number of nitrogens with one attached hydrogen (secondary N) is 1. The monoisotopic (exact) mass is 542 g/mol. The summed E-state index contributed by atoms with van der Waals surface area (Å²) in [6.45, 7) is 6.15. The summed E-state index contributed by atoms with van der Waals surface area (Å²) < 4.78 is 2.56. The molecule has 0 aliphatic heterocycles. The molecule has 3 aromatic carbocycles. The van der Waals surface area contributed by atoms with Gasteiger partial charge in [0.15, 0.2) is 5.82 Å². The quantitative estimate of drug-likeness (QED) is 0.280. The lowest BCUT2D eigenvalue weighted by Gasteiger charge is -2.13. The Morgan fingerprint density at radius 3 is 2.52 bits per heavy atom. The Morgan fingerprint density at radius 2 is 1.82 bits per heavy atom. The molecule has 1 aromatic heterocycles. The second-order valence-corrected chi connectivity index (χ2v) is 9.71. The summed E-state index contributed by atoms with van der Waals surface area (Å²) in [6.07, 6.45) is 0. The lowest BCUT2D eigenvalue weighted by atomic mass is 10.0. The zero-order valence-corrected chi connectivity index (χ0v) is 21.3. The topological polar surface area (TPSA) is 59.8 Å². The molecule has 33 heavy (non-hydrogen) atoms. The van der Waals surface area contributed by atoms with Gasteiger partial charge < -0.3 is 5.32 Å². The Hall–Kier alpha value is -2.67. The molecule has 5 nitrogen and oxygen atoms in total. The van der Waals surface area contributed by atoms with Crippen LogP contribution in [-0.2, 0) is 0 Å². The molecule has 0 unspecified atom stereocenters. The van der Waals surface area contributed by atoms with Gasteiger partial charge in [0, 0.05) is 15.7 Å². The molecule has 0 atom stereocenters. The van der Waals surface area contributed by atoms with Crippen molar-refractivity contribution in [3.63, 3.8) is 0 Å². The number of hydrogen-bond acceptors (Lipinski definition) is 3. The van der Waals surface area contributed by atoms with Crippen LogP contribution in [0.2, 0.25) is 10.0 Å². The lowest BCUT2D eigenvalue weighted by molar-refractivity contribution is 0.101. The van der Waals surface area contributed by atoms with Gasteiger partial charge in [-0.3, -0.25) is 4.79 Å². The molecule has 0 saturated heterocycles. The van der Waals surface area contributed by atoms with Crippen LogP contribution in [0.4, 0.5) is 5.69 Å². The van der Waals surface area contributed by atoms with Gasteiger partial charge >= 0.3 is 0 Å². The third-order valence-corrected chi connectivity index (χ3v) is 6.35. The van der Waals surface area contributed by atoms with E-state index in [1.54, 1.807) is 22.9 Å². The van der Waals surface area contributed by atoms with E-state index in [9.17, 15) is 4.79 Å². The summed E-state index contributed by atoms with van der Waals surface area (Å²) in [5.41, 5.74) is 4.29. The van der Waals surface area contributed by atoms with E-state index in [-0.39, 0.29) is 11.7 Å². The number of hydrogen-bond donors (Lipinski definition) is 1. The lowest BCUT2D eigenvalue weighted by Crippen LogP contribution is -2.16. The predicted octanol–water partition coefficient (Wildman–Crippen LogP) is 7.69. The van der Waals surface area contributed by atoms with E-state index in [4.69, 9.17) is 23.2 Å². The third kappa shape index (κ3) is 5.13. The maximum atomic E-state index is 13.2. The van der Waals surface area contributed by atoms with E-state index < -0.39 is 5.91 Å². The number of aryl methyl sites for hydroxylation is 1. The first-order valence-corrected chi connectivity index (χ1v) is 11.9. The number of rotatable bonds is 5. The van der Waals surface area contributed by atoms with Crippen molar-refractivity contribution >= 4 is 50.7 Å². The van der Waals surface area contributed by atoms with Crippen molar-refractivity contribution in [2.75, 3.05) is 5.32 Å². The normalized spacial score (nSPS) is 11.1. The van der Waals surface area contributed by atoms with Crippen LogP contribution in [0.3, 0.4) is 0 Å². The van der Waals surface area contributed by atoms with Gasteiger partial charge in [0.05, 0.1) is 15.7 Å². The number of benzene rings is 3. The number of amides is 1. The summed E-state index contributed by atoms with van der Waals surface area (Å²) in [6, 6.07) is 18.8. The van der Waals surface area contributed by atoms with E-state index >= 15 is 0 Å². The van der Waals surface area contributed by atoms with E-state index in [2.05, 4.69) is 45.2 Å². The summed E-state index contributed by atoms with van der Waals surface area (Å²) in [5.74, 6) is 0.409. The van der Waals surface area contributed by atoms with Crippen LogP contribution < -0.4 is 5.32 Å². The molecule has 0 saturated carbocycles. The smallest absolute Gasteiger partial charge is 0.295 e. The molecule has 0 bridgehead atoms. The molecule has 8 heteroatoms. The van der Waals surface area contributed by atoms with Gasteiger partial charge in [0.2, 0.25) is 5.82 Å². The van der Waals surface area contributed by atoms with E-state index in [1.807, 2.05) is 49.4 Å². The Labute approximate surface area is 210 Å². The minimum absolute atomic E-state index is 0.0511. The van der Waals surface area contributed by atoms with Crippen molar-refractivity contribution in [3.05, 3.63) is 92.1 Å². The Kier molecular flexibility index (Phi) is 6.88. The van der Waals surface area contributed by atoms with Crippen LogP contribution >= 0.6 is 39.1 Å². The van der Waals surface area contributed by atoms with Crippen molar-refractivity contribution in [2.45, 2.75) is 26.7 Å². The molecule has 0 spiro atoms. The molecule has 1 heterocycles. The fourth-order valence-corrected chi connectivity index (χ4v) is 4.15. The van der Waals surface area contributed by atoms with Gasteiger partial charge in [-0.05, 0) is 60.9 Å². The minimum Gasteiger partial charge on any atom is -0.319 e. The molecule has 0 fully saturated rings. The van der Waals surface area contributed by atoms with Crippen molar-refractivity contribution in [1.82, 2.24) is 14.8 Å². The third-order valence-electron chi connectivity index (χ3n) is 5.12. The van der Waals surface area contributed by atoms with E-state index in [0.717, 1.165) is 26.9 Å². The van der Waals surface area contributed by atoms with Crippen LogP contribution in [0.1, 0.15) is 41.5 Å². The highest BCUT2D eigenvalue weighted by Crippen LogP contribution is 2.30. The molecular formula is C25H21BrCl2N4O. The van der Waals surface area contributed by atoms with E-state index in [0.29, 0.717) is 21.6 Å². The molecule has 0 radical (unpaired) electrons. The average Bonchev–Trinajstić information content (AvgIpc) is 3.22. The molecule has 168 valence electrons. The SMILES string of the molecule is Cc1cccc(-c2nc(C(=O)Nc3ccc(Br)cc3C(C)C)nn2-c2ccc(Cl)c(Cl)c2)c1. The highest BCUT2D eigenvalue weighted by molar-refractivity contribution is 9.10. The number of anilines is 1. The fourth-order valence-electron chi connectivity index (χ4n) is 3.48. The van der Waals surface area contributed by atoms with Gasteiger partial charge in [0.25, 0.3) is 5.91 Å². The van der Waals surface area contributed by atoms with Crippen LogP contribution in [-0.4, -0.2) is 20.7 Å². The van der Waals surface area contributed by atoms with Crippen LogP contribution in [0, 0.1) is 6.92 Å². The van der Waals surface area contributed by atoms with Gasteiger partial charge in [-0.1, -0.05) is 76.7 Å². The van der Waals surface area contributed by atoms with Crippen LogP contribution in [0.5, 0.6) is 0 Å². The Morgan fingerprint density at radius 1 is 1.03 bits per heavy atom. The predicted molar refractivity (Wildman–Crippen MR) is 138 cm³/mol. The van der Waals surface area contributed by atoms with Gasteiger partial charge in [0.1, 0.15) is 0 Å². The summed E-state index contributed by atoms with van der Waals surface area (Å²) >= 11 is 15.8. The number of carbonyl (C=O) groups excluding carboxylic acids is 1.